The van der Waals surface area contributed by atoms with Gasteiger partial charge in [-0.3, -0.25) is 0 Å². The number of ether oxygens (including phenoxy) is 1. The van der Waals surface area contributed by atoms with E-state index in [2.05, 4.69) is 248 Å². The Morgan fingerprint density at radius 1 is 0.284 bits per heavy atom. The van der Waals surface area contributed by atoms with Gasteiger partial charge < -0.3 is 9.64 Å². The third-order valence-corrected chi connectivity index (χ3v) is 14.5. The summed E-state index contributed by atoms with van der Waals surface area (Å²) in [4.78, 5) is 2.45. The first-order valence-corrected chi connectivity index (χ1v) is 23.2. The predicted octanol–water partition coefficient (Wildman–Crippen LogP) is 17.4. The van der Waals surface area contributed by atoms with E-state index in [9.17, 15) is 0 Å². The molecule has 11 aromatic carbocycles. The number of rotatable bonds is 4. The molecule has 67 heavy (non-hydrogen) atoms. The highest BCUT2D eigenvalue weighted by molar-refractivity contribution is 6.06. The molecule has 1 heterocycles. The van der Waals surface area contributed by atoms with Gasteiger partial charge in [0.1, 0.15) is 11.5 Å². The molecule has 1 atom stereocenters. The Morgan fingerprint density at radius 3 is 1.51 bits per heavy atom. The van der Waals surface area contributed by atoms with Crippen LogP contribution in [0, 0.1) is 0 Å². The number of hydrogen-bond acceptors (Lipinski definition) is 2. The molecule has 3 aliphatic rings. The molecular formula is C65H41NO. The third kappa shape index (κ3) is 5.51. The Bertz CT molecular complexity index is 3790. The van der Waals surface area contributed by atoms with Crippen molar-refractivity contribution in [1.82, 2.24) is 0 Å². The Labute approximate surface area is 390 Å². The predicted molar refractivity (Wildman–Crippen MR) is 277 cm³/mol. The van der Waals surface area contributed by atoms with Crippen molar-refractivity contribution >= 4 is 27.8 Å². The van der Waals surface area contributed by atoms with E-state index in [0.717, 1.165) is 50.8 Å². The molecular weight excluding hydrogens is 811 g/mol. The van der Waals surface area contributed by atoms with Crippen LogP contribution in [-0.2, 0) is 5.41 Å². The zero-order valence-corrected chi connectivity index (χ0v) is 36.5. The lowest BCUT2D eigenvalue weighted by atomic mass is 9.65. The van der Waals surface area contributed by atoms with Gasteiger partial charge >= 0.3 is 0 Å². The number of anilines is 3. The Morgan fingerprint density at radius 2 is 0.776 bits per heavy atom. The lowest BCUT2D eigenvalue weighted by Crippen LogP contribution is -2.29. The Hall–Kier alpha value is -8.72. The summed E-state index contributed by atoms with van der Waals surface area (Å²) in [5.41, 5.74) is 22.1. The molecule has 0 saturated carbocycles. The summed E-state index contributed by atoms with van der Waals surface area (Å²) >= 11 is 0. The van der Waals surface area contributed by atoms with Gasteiger partial charge in [0.15, 0.2) is 0 Å². The van der Waals surface area contributed by atoms with Crippen molar-refractivity contribution in [3.8, 4) is 78.3 Å². The third-order valence-electron chi connectivity index (χ3n) is 14.5. The smallest absolute Gasteiger partial charge is 0.135 e. The molecule has 2 nitrogen and oxygen atoms in total. The zero-order chi connectivity index (χ0) is 44.1. The second-order valence-corrected chi connectivity index (χ2v) is 17.9. The fourth-order valence-corrected chi connectivity index (χ4v) is 11.7. The molecule has 1 spiro atoms. The monoisotopic (exact) mass is 851 g/mol. The van der Waals surface area contributed by atoms with Gasteiger partial charge in [0.05, 0.1) is 5.41 Å². The van der Waals surface area contributed by atoms with Crippen molar-refractivity contribution in [2.45, 2.75) is 5.41 Å². The summed E-state index contributed by atoms with van der Waals surface area (Å²) < 4.78 is 6.67. The van der Waals surface area contributed by atoms with Crippen molar-refractivity contribution < 1.29 is 4.74 Å². The van der Waals surface area contributed by atoms with Crippen LogP contribution >= 0.6 is 0 Å². The first kappa shape index (κ1) is 37.6. The summed E-state index contributed by atoms with van der Waals surface area (Å²) in [6, 6.07) is 91.7. The number of nitrogens with zero attached hydrogens (tertiary/aromatic N) is 1. The van der Waals surface area contributed by atoms with Crippen LogP contribution in [0.1, 0.15) is 22.3 Å². The van der Waals surface area contributed by atoms with Crippen molar-refractivity contribution in [2.24, 2.45) is 0 Å². The fourth-order valence-electron chi connectivity index (χ4n) is 11.7. The molecule has 11 aromatic rings. The normalized spacial score (nSPS) is 14.4. The van der Waals surface area contributed by atoms with Crippen LogP contribution in [0.5, 0.6) is 11.5 Å². The maximum absolute atomic E-state index is 6.67. The lowest BCUT2D eigenvalue weighted by Gasteiger charge is -2.36. The van der Waals surface area contributed by atoms with Gasteiger partial charge in [-0.2, -0.15) is 0 Å². The van der Waals surface area contributed by atoms with Crippen LogP contribution in [-0.4, -0.2) is 0 Å². The first-order valence-electron chi connectivity index (χ1n) is 23.2. The number of hydrogen-bond donors (Lipinski definition) is 0. The second kappa shape index (κ2) is 14.7. The maximum atomic E-state index is 6.67. The van der Waals surface area contributed by atoms with Gasteiger partial charge in [0.25, 0.3) is 0 Å². The molecule has 14 rings (SSSR count). The highest BCUT2D eigenvalue weighted by Gasteiger charge is 2.50. The molecule has 0 N–H and O–H groups in total. The highest BCUT2D eigenvalue weighted by atomic mass is 16.5. The van der Waals surface area contributed by atoms with Crippen LogP contribution in [0.3, 0.4) is 0 Å². The summed E-state index contributed by atoms with van der Waals surface area (Å²) in [5, 5.41) is 2.52. The molecule has 0 amide bonds. The first-order chi connectivity index (χ1) is 33.2. The summed E-state index contributed by atoms with van der Waals surface area (Å²) in [7, 11) is 0. The lowest BCUT2D eigenvalue weighted by molar-refractivity contribution is 0.488. The van der Waals surface area contributed by atoms with Gasteiger partial charge in [0.2, 0.25) is 0 Å². The van der Waals surface area contributed by atoms with E-state index in [-0.39, 0.29) is 0 Å². The van der Waals surface area contributed by atoms with Crippen LogP contribution in [0.15, 0.2) is 249 Å². The van der Waals surface area contributed by atoms with Crippen LogP contribution in [0.25, 0.3) is 77.5 Å². The quantitative estimate of drug-likeness (QED) is 0.175. The van der Waals surface area contributed by atoms with Crippen LogP contribution in [0.4, 0.5) is 17.1 Å². The molecule has 312 valence electrons. The molecule has 0 aromatic heterocycles. The Balaban J connectivity index is 1.08. The van der Waals surface area contributed by atoms with Crippen LogP contribution in [0.2, 0.25) is 0 Å². The average Bonchev–Trinajstić information content (AvgIpc) is 3.56. The fraction of sp³-hybridized carbons (Fsp3) is 0.0154. The van der Waals surface area contributed by atoms with Gasteiger partial charge in [-0.15, -0.1) is 0 Å². The molecule has 0 bridgehead atoms. The second-order valence-electron chi connectivity index (χ2n) is 17.9. The minimum Gasteiger partial charge on any atom is -0.456 e. The molecule has 0 fully saturated rings. The molecule has 2 aliphatic carbocycles. The van der Waals surface area contributed by atoms with Gasteiger partial charge in [-0.1, -0.05) is 200 Å². The molecule has 0 saturated heterocycles. The molecule has 1 unspecified atom stereocenters. The van der Waals surface area contributed by atoms with E-state index in [1.54, 1.807) is 0 Å². The minimum atomic E-state index is -0.645. The largest absolute Gasteiger partial charge is 0.456 e. The maximum Gasteiger partial charge on any atom is 0.135 e. The number of para-hydroxylation sites is 2. The van der Waals surface area contributed by atoms with E-state index >= 15 is 0 Å². The van der Waals surface area contributed by atoms with E-state index < -0.39 is 5.41 Å². The summed E-state index contributed by atoms with van der Waals surface area (Å²) in [5.74, 6) is 1.70. The average molecular weight is 852 g/mol. The molecule has 0 radical (unpaired) electrons. The van der Waals surface area contributed by atoms with E-state index in [1.165, 1.54) is 77.5 Å². The van der Waals surface area contributed by atoms with E-state index in [1.807, 2.05) is 6.07 Å². The van der Waals surface area contributed by atoms with Crippen molar-refractivity contribution in [2.75, 3.05) is 4.90 Å². The van der Waals surface area contributed by atoms with E-state index in [0.29, 0.717) is 0 Å². The van der Waals surface area contributed by atoms with Crippen molar-refractivity contribution in [3.05, 3.63) is 271 Å². The number of fused-ring (bicyclic) bond motifs is 19. The number of benzene rings is 11. The summed E-state index contributed by atoms with van der Waals surface area (Å²) in [6.45, 7) is 0. The molecule has 2 heteroatoms. The standard InChI is InChI=1S/C65H41NO/c1-2-16-42(17-3-1)43-30-33-45(34-31-43)66(46-35-37-51-54-23-10-14-28-62(54)67-63-29-15-11-24-55(63)57(51)40-46)47-36-38-53-50-21-7-6-20-49(50)52-22-8-12-26-58(52)65(61(53)41-47)59-27-13-9-25-56(59)64-48-19-5-4-18-44(48)32-39-60(64)65/h1-41H. The topological polar surface area (TPSA) is 12.5 Å². The van der Waals surface area contributed by atoms with Gasteiger partial charge in [-0.25, -0.2) is 0 Å². The summed E-state index contributed by atoms with van der Waals surface area (Å²) in [6.07, 6.45) is 0. The van der Waals surface area contributed by atoms with Gasteiger partial charge in [0, 0.05) is 28.2 Å². The molecule has 1 aliphatic heterocycles. The minimum absolute atomic E-state index is 0.645. The highest BCUT2D eigenvalue weighted by Crippen LogP contribution is 2.63. The van der Waals surface area contributed by atoms with Gasteiger partial charge in [-0.05, 0) is 137 Å². The van der Waals surface area contributed by atoms with Crippen molar-refractivity contribution in [3.63, 3.8) is 0 Å². The SMILES string of the molecule is c1ccc(-c2ccc(N(c3ccc4c(c3)-c3ccccc3Oc3ccccc3-4)c3ccc4c(c3)C3(c5ccccc5-c5ccccc5-4)c4ccccc4-c4c3ccc3ccccc43)cc2)cc1. The van der Waals surface area contributed by atoms with Crippen molar-refractivity contribution in [1.29, 1.82) is 0 Å². The Kier molecular flexibility index (Phi) is 8.23. The van der Waals surface area contributed by atoms with E-state index in [4.69, 9.17) is 4.74 Å². The zero-order valence-electron chi connectivity index (χ0n) is 36.5. The van der Waals surface area contributed by atoms with Crippen LogP contribution < -0.4 is 9.64 Å².